The fourth-order valence-electron chi connectivity index (χ4n) is 3.90. The Bertz CT molecular complexity index is 493. The van der Waals surface area contributed by atoms with Gasteiger partial charge in [0.15, 0.2) is 5.82 Å². The zero-order valence-electron chi connectivity index (χ0n) is 12.0. The number of hydrogen-bond donors (Lipinski definition) is 1. The van der Waals surface area contributed by atoms with Gasteiger partial charge in [-0.1, -0.05) is 26.2 Å². The molecule has 2 aliphatic carbocycles. The number of nitrogens with zero attached hydrogens (tertiary/aromatic N) is 4. The molecule has 2 aliphatic rings. The van der Waals surface area contributed by atoms with Gasteiger partial charge in [-0.3, -0.25) is 4.79 Å². The van der Waals surface area contributed by atoms with Crippen LogP contribution in [0, 0.1) is 11.3 Å². The lowest BCUT2D eigenvalue weighted by molar-refractivity contribution is -0.149. The van der Waals surface area contributed by atoms with Crippen LogP contribution in [0.1, 0.15) is 63.6 Å². The predicted molar refractivity (Wildman–Crippen MR) is 72.1 cm³/mol. The number of aromatic nitrogens is 4. The third kappa shape index (κ3) is 2.21. The highest BCUT2D eigenvalue weighted by atomic mass is 16.4. The van der Waals surface area contributed by atoms with Crippen molar-refractivity contribution >= 4 is 5.97 Å². The first-order valence-electron chi connectivity index (χ1n) is 7.62. The maximum atomic E-state index is 11.7. The Labute approximate surface area is 118 Å². The topological polar surface area (TPSA) is 80.9 Å². The third-order valence-electron chi connectivity index (χ3n) is 5.22. The molecule has 2 atom stereocenters. The normalized spacial score (nSPS) is 28.9. The van der Waals surface area contributed by atoms with Crippen LogP contribution in [-0.2, 0) is 11.3 Å². The molecule has 20 heavy (non-hydrogen) atoms. The highest BCUT2D eigenvalue weighted by Gasteiger charge is 2.43. The van der Waals surface area contributed by atoms with Gasteiger partial charge in [0.2, 0.25) is 0 Å². The summed E-state index contributed by atoms with van der Waals surface area (Å²) in [5, 5.41) is 21.7. The molecular formula is C14H22N4O2. The van der Waals surface area contributed by atoms with E-state index < -0.39 is 11.4 Å². The van der Waals surface area contributed by atoms with Gasteiger partial charge in [0.1, 0.15) is 0 Å². The summed E-state index contributed by atoms with van der Waals surface area (Å²) in [6.45, 7) is 2.66. The Kier molecular flexibility index (Phi) is 3.48. The van der Waals surface area contributed by atoms with Gasteiger partial charge in [0.05, 0.1) is 12.0 Å². The lowest BCUT2D eigenvalue weighted by Gasteiger charge is -2.25. The fraction of sp³-hybridized carbons (Fsp3) is 0.857. The Morgan fingerprint density at radius 1 is 1.35 bits per heavy atom. The summed E-state index contributed by atoms with van der Waals surface area (Å²) in [7, 11) is 0. The Morgan fingerprint density at radius 2 is 2.10 bits per heavy atom. The Balaban J connectivity index is 1.84. The summed E-state index contributed by atoms with van der Waals surface area (Å²) in [5.74, 6) is 1.17. The lowest BCUT2D eigenvalue weighted by Crippen LogP contribution is -2.34. The predicted octanol–water partition coefficient (Wildman–Crippen LogP) is 2.22. The van der Waals surface area contributed by atoms with Crippen LogP contribution in [0.5, 0.6) is 0 Å². The molecule has 0 amide bonds. The van der Waals surface area contributed by atoms with E-state index in [4.69, 9.17) is 0 Å². The van der Waals surface area contributed by atoms with Gasteiger partial charge in [-0.25, -0.2) is 4.68 Å². The molecule has 0 saturated heterocycles. The maximum Gasteiger partial charge on any atom is 0.311 e. The average Bonchev–Trinajstić information content (AvgIpc) is 3.11. The molecule has 0 bridgehead atoms. The molecule has 0 radical (unpaired) electrons. The minimum absolute atomic E-state index is 0.386. The van der Waals surface area contributed by atoms with Gasteiger partial charge in [0.25, 0.3) is 0 Å². The molecule has 1 heterocycles. The maximum absolute atomic E-state index is 11.7. The Morgan fingerprint density at radius 3 is 2.70 bits per heavy atom. The zero-order chi connectivity index (χ0) is 14.2. The van der Waals surface area contributed by atoms with Gasteiger partial charge in [0, 0.05) is 5.92 Å². The fourth-order valence-corrected chi connectivity index (χ4v) is 3.90. The number of aliphatic carboxylic acids is 1. The van der Waals surface area contributed by atoms with Gasteiger partial charge in [-0.05, 0) is 42.0 Å². The summed E-state index contributed by atoms with van der Waals surface area (Å²) < 4.78 is 1.77. The van der Waals surface area contributed by atoms with E-state index in [1.807, 2.05) is 0 Å². The van der Waals surface area contributed by atoms with Gasteiger partial charge < -0.3 is 5.11 Å². The van der Waals surface area contributed by atoms with Crippen LogP contribution >= 0.6 is 0 Å². The van der Waals surface area contributed by atoms with Crippen molar-refractivity contribution < 1.29 is 9.90 Å². The molecule has 1 N–H and O–H groups in total. The molecule has 0 aliphatic heterocycles. The number of rotatable bonds is 4. The van der Waals surface area contributed by atoms with Crippen molar-refractivity contribution in [2.75, 3.05) is 0 Å². The zero-order valence-corrected chi connectivity index (χ0v) is 12.0. The number of carboxylic acids is 1. The van der Waals surface area contributed by atoms with Crippen LogP contribution in [0.3, 0.4) is 0 Å². The lowest BCUT2D eigenvalue weighted by atomic mass is 9.86. The molecule has 0 aromatic carbocycles. The third-order valence-corrected chi connectivity index (χ3v) is 5.22. The SMILES string of the molecule is CC1CCCC1c1nnnn1CC1(C(=O)O)CCCC1. The summed E-state index contributed by atoms with van der Waals surface area (Å²) in [6.07, 6.45) is 6.99. The number of hydrogen-bond acceptors (Lipinski definition) is 4. The first-order valence-corrected chi connectivity index (χ1v) is 7.62. The van der Waals surface area contributed by atoms with Gasteiger partial charge in [-0.15, -0.1) is 5.10 Å². The van der Waals surface area contributed by atoms with Crippen LogP contribution in [0.4, 0.5) is 0 Å². The minimum Gasteiger partial charge on any atom is -0.481 e. The average molecular weight is 278 g/mol. The minimum atomic E-state index is -0.698. The smallest absolute Gasteiger partial charge is 0.311 e. The summed E-state index contributed by atoms with van der Waals surface area (Å²) >= 11 is 0. The van der Waals surface area contributed by atoms with E-state index in [2.05, 4.69) is 22.4 Å². The molecule has 6 heteroatoms. The molecule has 3 rings (SSSR count). The van der Waals surface area contributed by atoms with Crippen molar-refractivity contribution in [1.29, 1.82) is 0 Å². The van der Waals surface area contributed by atoms with Crippen molar-refractivity contribution in [1.82, 2.24) is 20.2 Å². The molecule has 1 aromatic rings. The highest BCUT2D eigenvalue weighted by molar-refractivity contribution is 5.74. The van der Waals surface area contributed by atoms with Crippen molar-refractivity contribution in [2.45, 2.75) is 64.3 Å². The summed E-state index contributed by atoms with van der Waals surface area (Å²) in [4.78, 5) is 11.7. The van der Waals surface area contributed by atoms with Crippen molar-refractivity contribution in [3.8, 4) is 0 Å². The second kappa shape index (κ2) is 5.14. The van der Waals surface area contributed by atoms with Crippen LogP contribution in [-0.4, -0.2) is 31.3 Å². The molecule has 0 spiro atoms. The van der Waals surface area contributed by atoms with E-state index in [-0.39, 0.29) is 0 Å². The van der Waals surface area contributed by atoms with E-state index in [1.54, 1.807) is 4.68 Å². The van der Waals surface area contributed by atoms with E-state index in [9.17, 15) is 9.90 Å². The van der Waals surface area contributed by atoms with Crippen LogP contribution in [0.2, 0.25) is 0 Å². The monoisotopic (exact) mass is 278 g/mol. The number of carboxylic acid groups (broad SMARTS) is 1. The summed E-state index contributed by atoms with van der Waals surface area (Å²) in [5.41, 5.74) is -0.661. The first-order chi connectivity index (χ1) is 9.62. The number of tetrazole rings is 1. The highest BCUT2D eigenvalue weighted by Crippen LogP contribution is 2.42. The van der Waals surface area contributed by atoms with Crippen molar-refractivity contribution in [3.05, 3.63) is 5.82 Å². The van der Waals surface area contributed by atoms with Gasteiger partial charge in [-0.2, -0.15) is 0 Å². The second-order valence-corrected chi connectivity index (χ2v) is 6.50. The quantitative estimate of drug-likeness (QED) is 0.913. The van der Waals surface area contributed by atoms with E-state index >= 15 is 0 Å². The number of carbonyl (C=O) groups is 1. The standard InChI is InChI=1S/C14H22N4O2/c1-10-5-4-6-11(10)12-15-16-17-18(12)9-14(13(19)20)7-2-3-8-14/h10-11H,2-9H2,1H3,(H,19,20). The molecule has 110 valence electrons. The molecule has 2 unspecified atom stereocenters. The van der Waals surface area contributed by atoms with Crippen LogP contribution < -0.4 is 0 Å². The second-order valence-electron chi connectivity index (χ2n) is 6.50. The molecule has 2 saturated carbocycles. The summed E-state index contributed by atoms with van der Waals surface area (Å²) in [6, 6.07) is 0. The van der Waals surface area contributed by atoms with E-state index in [1.165, 1.54) is 12.8 Å². The van der Waals surface area contributed by atoms with Crippen LogP contribution in [0.25, 0.3) is 0 Å². The van der Waals surface area contributed by atoms with Crippen molar-refractivity contribution in [2.24, 2.45) is 11.3 Å². The largest absolute Gasteiger partial charge is 0.481 e. The van der Waals surface area contributed by atoms with Gasteiger partial charge >= 0.3 is 5.97 Å². The first kappa shape index (κ1) is 13.5. The van der Waals surface area contributed by atoms with E-state index in [0.717, 1.165) is 37.9 Å². The Hall–Kier alpha value is -1.46. The van der Waals surface area contributed by atoms with Crippen LogP contribution in [0.15, 0.2) is 0 Å². The molecule has 2 fully saturated rings. The molecular weight excluding hydrogens is 256 g/mol. The van der Waals surface area contributed by atoms with E-state index in [0.29, 0.717) is 18.4 Å². The molecule has 1 aromatic heterocycles. The molecule has 6 nitrogen and oxygen atoms in total. The van der Waals surface area contributed by atoms with Crippen molar-refractivity contribution in [3.63, 3.8) is 0 Å².